The van der Waals surface area contributed by atoms with Gasteiger partial charge in [-0.2, -0.15) is 0 Å². The van der Waals surface area contributed by atoms with Crippen molar-refractivity contribution in [3.05, 3.63) is 18.3 Å². The summed E-state index contributed by atoms with van der Waals surface area (Å²) in [4.78, 5) is 4.07. The van der Waals surface area contributed by atoms with Gasteiger partial charge in [-0.1, -0.05) is 19.3 Å². The van der Waals surface area contributed by atoms with Crippen molar-refractivity contribution in [2.24, 2.45) is 0 Å². The van der Waals surface area contributed by atoms with Gasteiger partial charge in [-0.15, -0.1) is 0 Å². The number of anilines is 1. The highest BCUT2D eigenvalue weighted by Gasteiger charge is 2.31. The van der Waals surface area contributed by atoms with Gasteiger partial charge in [0.25, 0.3) is 0 Å². The third-order valence-corrected chi connectivity index (χ3v) is 3.47. The van der Waals surface area contributed by atoms with Crippen LogP contribution in [0.5, 0.6) is 5.88 Å². The first-order valence-electron chi connectivity index (χ1n) is 6.17. The molecule has 1 heterocycles. The van der Waals surface area contributed by atoms with Crippen LogP contribution in [0.15, 0.2) is 18.3 Å². The fourth-order valence-electron chi connectivity index (χ4n) is 2.46. The highest BCUT2D eigenvalue weighted by molar-refractivity contribution is 5.47. The fourth-order valence-corrected chi connectivity index (χ4v) is 2.46. The molecule has 0 aliphatic heterocycles. The summed E-state index contributed by atoms with van der Waals surface area (Å²) in [6.45, 7) is 0.178. The number of aliphatic hydroxyl groups is 1. The maximum atomic E-state index is 9.62. The second kappa shape index (κ2) is 5.36. The lowest BCUT2D eigenvalue weighted by Crippen LogP contribution is -2.43. The summed E-state index contributed by atoms with van der Waals surface area (Å²) >= 11 is 0. The van der Waals surface area contributed by atoms with E-state index in [2.05, 4.69) is 10.3 Å². The average Bonchev–Trinajstić information content (AvgIpc) is 2.40. The molecule has 1 aliphatic rings. The van der Waals surface area contributed by atoms with Crippen molar-refractivity contribution >= 4 is 5.69 Å². The Kier molecular flexibility index (Phi) is 3.84. The van der Waals surface area contributed by atoms with Crippen molar-refractivity contribution in [1.29, 1.82) is 0 Å². The van der Waals surface area contributed by atoms with Crippen LogP contribution < -0.4 is 10.1 Å². The Labute approximate surface area is 102 Å². The normalized spacial score (nSPS) is 18.7. The summed E-state index contributed by atoms with van der Waals surface area (Å²) in [6.07, 6.45) is 7.38. The van der Waals surface area contributed by atoms with Crippen molar-refractivity contribution in [2.75, 3.05) is 19.0 Å². The number of aliphatic hydroxyl groups excluding tert-OH is 1. The predicted octanol–water partition coefficient (Wildman–Crippen LogP) is 2.20. The van der Waals surface area contributed by atoms with E-state index in [9.17, 15) is 5.11 Å². The van der Waals surface area contributed by atoms with Crippen LogP contribution in [0.1, 0.15) is 32.1 Å². The van der Waals surface area contributed by atoms with E-state index in [1.165, 1.54) is 19.3 Å². The summed E-state index contributed by atoms with van der Waals surface area (Å²) in [7, 11) is 1.61. The molecule has 0 atom stereocenters. The molecular formula is C13H20N2O2. The lowest BCUT2D eigenvalue weighted by molar-refractivity contribution is 0.173. The summed E-state index contributed by atoms with van der Waals surface area (Å²) < 4.78 is 5.10. The Hall–Kier alpha value is -1.29. The van der Waals surface area contributed by atoms with Gasteiger partial charge in [0.15, 0.2) is 0 Å². The van der Waals surface area contributed by atoms with E-state index < -0.39 is 0 Å². The van der Waals surface area contributed by atoms with Crippen molar-refractivity contribution in [3.8, 4) is 5.88 Å². The smallest absolute Gasteiger partial charge is 0.214 e. The molecule has 1 fully saturated rings. The molecule has 0 spiro atoms. The summed E-state index contributed by atoms with van der Waals surface area (Å²) in [5.74, 6) is 0.596. The number of nitrogens with zero attached hydrogens (tertiary/aromatic N) is 1. The molecule has 0 aromatic carbocycles. The van der Waals surface area contributed by atoms with Gasteiger partial charge >= 0.3 is 0 Å². The molecule has 2 rings (SSSR count). The molecule has 2 N–H and O–H groups in total. The van der Waals surface area contributed by atoms with Crippen molar-refractivity contribution in [1.82, 2.24) is 4.98 Å². The van der Waals surface area contributed by atoms with Gasteiger partial charge in [-0.05, 0) is 18.9 Å². The quantitative estimate of drug-likeness (QED) is 0.841. The Morgan fingerprint density at radius 2 is 2.18 bits per heavy atom. The SMILES string of the molecule is COc1cc(NC2(CO)CCCCC2)ccn1. The topological polar surface area (TPSA) is 54.4 Å². The minimum atomic E-state index is -0.162. The molecule has 0 saturated heterocycles. The molecule has 4 nitrogen and oxygen atoms in total. The highest BCUT2D eigenvalue weighted by Crippen LogP contribution is 2.31. The molecular weight excluding hydrogens is 216 g/mol. The zero-order valence-electron chi connectivity index (χ0n) is 10.3. The lowest BCUT2D eigenvalue weighted by Gasteiger charge is -2.37. The van der Waals surface area contributed by atoms with Gasteiger partial charge in [0.2, 0.25) is 5.88 Å². The third kappa shape index (κ3) is 2.88. The van der Waals surface area contributed by atoms with E-state index in [0.29, 0.717) is 5.88 Å². The van der Waals surface area contributed by atoms with E-state index in [1.807, 2.05) is 12.1 Å². The Balaban J connectivity index is 2.11. The Morgan fingerprint density at radius 3 is 2.82 bits per heavy atom. The maximum Gasteiger partial charge on any atom is 0.214 e. The molecule has 1 aromatic rings. The number of hydrogen-bond acceptors (Lipinski definition) is 4. The monoisotopic (exact) mass is 236 g/mol. The number of rotatable bonds is 4. The molecule has 1 aromatic heterocycles. The molecule has 1 aliphatic carbocycles. The number of nitrogens with one attached hydrogen (secondary N) is 1. The number of hydrogen-bond donors (Lipinski definition) is 2. The average molecular weight is 236 g/mol. The van der Waals surface area contributed by atoms with Crippen molar-refractivity contribution in [3.63, 3.8) is 0 Å². The van der Waals surface area contributed by atoms with Gasteiger partial charge in [0.1, 0.15) is 0 Å². The van der Waals surface area contributed by atoms with Gasteiger partial charge in [0.05, 0.1) is 19.3 Å². The lowest BCUT2D eigenvalue weighted by atomic mass is 9.82. The van der Waals surface area contributed by atoms with E-state index in [-0.39, 0.29) is 12.1 Å². The van der Waals surface area contributed by atoms with E-state index in [0.717, 1.165) is 18.5 Å². The Morgan fingerprint density at radius 1 is 1.41 bits per heavy atom. The summed E-state index contributed by atoms with van der Waals surface area (Å²) in [5.41, 5.74) is 0.803. The predicted molar refractivity (Wildman–Crippen MR) is 67.3 cm³/mol. The molecule has 0 amide bonds. The van der Waals surface area contributed by atoms with Gasteiger partial charge in [0, 0.05) is 18.0 Å². The van der Waals surface area contributed by atoms with Crippen LogP contribution in [0, 0.1) is 0 Å². The van der Waals surface area contributed by atoms with Crippen LogP contribution >= 0.6 is 0 Å². The van der Waals surface area contributed by atoms with Crippen LogP contribution in [0.4, 0.5) is 5.69 Å². The molecule has 1 saturated carbocycles. The summed E-state index contributed by atoms with van der Waals surface area (Å²) in [6, 6.07) is 3.78. The van der Waals surface area contributed by atoms with E-state index >= 15 is 0 Å². The molecule has 4 heteroatoms. The number of aromatic nitrogens is 1. The van der Waals surface area contributed by atoms with Crippen LogP contribution in [0.2, 0.25) is 0 Å². The van der Waals surface area contributed by atoms with Crippen molar-refractivity contribution in [2.45, 2.75) is 37.6 Å². The van der Waals surface area contributed by atoms with Gasteiger partial charge in [-0.25, -0.2) is 4.98 Å². The van der Waals surface area contributed by atoms with E-state index in [1.54, 1.807) is 13.3 Å². The third-order valence-electron chi connectivity index (χ3n) is 3.47. The fraction of sp³-hybridized carbons (Fsp3) is 0.615. The number of methoxy groups -OCH3 is 1. The number of ether oxygens (including phenoxy) is 1. The number of pyridine rings is 1. The van der Waals surface area contributed by atoms with Crippen LogP contribution in [0.25, 0.3) is 0 Å². The zero-order valence-corrected chi connectivity index (χ0v) is 10.3. The second-order valence-corrected chi connectivity index (χ2v) is 4.71. The first-order valence-corrected chi connectivity index (χ1v) is 6.17. The second-order valence-electron chi connectivity index (χ2n) is 4.71. The van der Waals surface area contributed by atoms with Crippen LogP contribution in [-0.4, -0.2) is 29.3 Å². The van der Waals surface area contributed by atoms with Crippen molar-refractivity contribution < 1.29 is 9.84 Å². The molecule has 0 radical (unpaired) electrons. The molecule has 0 unspecified atom stereocenters. The molecule has 0 bridgehead atoms. The van der Waals surface area contributed by atoms with Crippen LogP contribution in [0.3, 0.4) is 0 Å². The first kappa shape index (κ1) is 12.2. The zero-order chi connectivity index (χ0) is 12.1. The minimum Gasteiger partial charge on any atom is -0.481 e. The first-order chi connectivity index (χ1) is 8.28. The molecule has 17 heavy (non-hydrogen) atoms. The largest absolute Gasteiger partial charge is 0.481 e. The van der Waals surface area contributed by atoms with Gasteiger partial charge < -0.3 is 15.2 Å². The molecule has 94 valence electrons. The summed E-state index contributed by atoms with van der Waals surface area (Å²) in [5, 5.41) is 13.1. The van der Waals surface area contributed by atoms with Crippen LogP contribution in [-0.2, 0) is 0 Å². The highest BCUT2D eigenvalue weighted by atomic mass is 16.5. The minimum absolute atomic E-state index is 0.162. The Bertz CT molecular complexity index is 362. The standard InChI is InChI=1S/C13H20N2O2/c1-17-12-9-11(5-8-14-12)15-13(10-16)6-3-2-4-7-13/h5,8-9,16H,2-4,6-7,10H2,1H3,(H,14,15). The maximum absolute atomic E-state index is 9.62. The van der Waals surface area contributed by atoms with Gasteiger partial charge in [-0.3, -0.25) is 0 Å². The van der Waals surface area contributed by atoms with E-state index in [4.69, 9.17) is 4.74 Å².